The number of imidazole rings is 1. The highest BCUT2D eigenvalue weighted by atomic mass is 16.6. The zero-order chi connectivity index (χ0) is 16.6. The van der Waals surface area contributed by atoms with Gasteiger partial charge in [-0.15, -0.1) is 0 Å². The minimum absolute atomic E-state index is 0.299. The molecule has 1 atom stereocenters. The Morgan fingerprint density at radius 3 is 2.73 bits per heavy atom. The molecule has 7 heteroatoms. The van der Waals surface area contributed by atoms with E-state index in [0.29, 0.717) is 13.0 Å². The molecule has 0 saturated carbocycles. The van der Waals surface area contributed by atoms with Gasteiger partial charge in [0.05, 0.1) is 19.0 Å². The summed E-state index contributed by atoms with van der Waals surface area (Å²) in [6.07, 6.45) is 5.97. The van der Waals surface area contributed by atoms with Gasteiger partial charge >= 0.3 is 12.1 Å². The molecule has 0 aliphatic heterocycles. The fraction of sp³-hybridized carbons (Fsp3) is 0.533. The van der Waals surface area contributed by atoms with Crippen LogP contribution in [0.25, 0.3) is 0 Å². The van der Waals surface area contributed by atoms with Crippen LogP contribution in [-0.4, -0.2) is 40.3 Å². The van der Waals surface area contributed by atoms with E-state index in [1.807, 2.05) is 0 Å². The van der Waals surface area contributed by atoms with Gasteiger partial charge in [-0.3, -0.25) is 0 Å². The number of amides is 1. The molecule has 22 heavy (non-hydrogen) atoms. The Morgan fingerprint density at radius 1 is 1.45 bits per heavy atom. The first kappa shape index (κ1) is 17.7. The second-order valence-electron chi connectivity index (χ2n) is 5.64. The van der Waals surface area contributed by atoms with Crippen molar-refractivity contribution in [2.24, 2.45) is 0 Å². The maximum atomic E-state index is 11.9. The van der Waals surface area contributed by atoms with Gasteiger partial charge in [-0.1, -0.05) is 6.08 Å². The molecule has 0 unspecified atom stereocenters. The van der Waals surface area contributed by atoms with Gasteiger partial charge < -0.3 is 19.8 Å². The van der Waals surface area contributed by atoms with E-state index in [-0.39, 0.29) is 0 Å². The van der Waals surface area contributed by atoms with Gasteiger partial charge in [-0.05, 0) is 27.7 Å². The molecule has 0 spiro atoms. The molecule has 1 heterocycles. The Labute approximate surface area is 130 Å². The summed E-state index contributed by atoms with van der Waals surface area (Å²) in [7, 11) is 0. The molecule has 122 valence electrons. The van der Waals surface area contributed by atoms with Crippen LogP contribution in [0.5, 0.6) is 0 Å². The molecule has 1 aromatic rings. The number of nitrogens with one attached hydrogen (secondary N) is 2. The summed E-state index contributed by atoms with van der Waals surface area (Å²) < 4.78 is 10.0. The van der Waals surface area contributed by atoms with Crippen molar-refractivity contribution in [3.63, 3.8) is 0 Å². The summed E-state index contributed by atoms with van der Waals surface area (Å²) in [4.78, 5) is 30.1. The van der Waals surface area contributed by atoms with E-state index < -0.39 is 23.7 Å². The Balaban J connectivity index is 2.69. The normalized spacial score (nSPS) is 12.9. The standard InChI is InChI=1S/C15H23N3O4/c1-5-21-13(19)7-6-11(8-12-9-16-10-17-12)18-14(20)22-15(2,3)4/h6-7,9-11H,5,8H2,1-4H3,(H,16,17)(H,18,20)/b7-6+/t11-/m0/s1. The van der Waals surface area contributed by atoms with Crippen LogP contribution in [0.1, 0.15) is 33.4 Å². The minimum atomic E-state index is -0.590. The molecule has 0 saturated heterocycles. The quantitative estimate of drug-likeness (QED) is 0.619. The summed E-state index contributed by atoms with van der Waals surface area (Å²) in [5.74, 6) is -0.455. The van der Waals surface area contributed by atoms with Crippen LogP contribution in [0.3, 0.4) is 0 Å². The van der Waals surface area contributed by atoms with Crippen LogP contribution in [-0.2, 0) is 20.7 Å². The first-order chi connectivity index (χ1) is 10.3. The van der Waals surface area contributed by atoms with Crippen molar-refractivity contribution in [3.05, 3.63) is 30.4 Å². The predicted octanol–water partition coefficient (Wildman–Crippen LogP) is 1.96. The molecular weight excluding hydrogens is 286 g/mol. The Morgan fingerprint density at radius 2 is 2.18 bits per heavy atom. The number of nitrogens with zero attached hydrogens (tertiary/aromatic N) is 1. The van der Waals surface area contributed by atoms with Gasteiger partial charge in [-0.2, -0.15) is 0 Å². The number of ether oxygens (including phenoxy) is 2. The number of H-pyrrole nitrogens is 1. The maximum absolute atomic E-state index is 11.9. The summed E-state index contributed by atoms with van der Waals surface area (Å²) in [5, 5.41) is 2.71. The van der Waals surface area contributed by atoms with Crippen LogP contribution in [0, 0.1) is 0 Å². The molecule has 0 aromatic carbocycles. The van der Waals surface area contributed by atoms with Crippen LogP contribution < -0.4 is 5.32 Å². The van der Waals surface area contributed by atoms with Crippen LogP contribution in [0.2, 0.25) is 0 Å². The summed E-state index contributed by atoms with van der Waals surface area (Å²) >= 11 is 0. The molecule has 0 aliphatic rings. The lowest BCUT2D eigenvalue weighted by Gasteiger charge is -2.22. The van der Waals surface area contributed by atoms with E-state index in [1.165, 1.54) is 6.08 Å². The molecule has 2 N–H and O–H groups in total. The summed E-state index contributed by atoms with van der Waals surface area (Å²) in [6.45, 7) is 7.38. The SMILES string of the molecule is CCOC(=O)/C=C/[C@@H](Cc1cnc[nH]1)NC(=O)OC(C)(C)C. The number of hydrogen-bond donors (Lipinski definition) is 2. The molecule has 0 bridgehead atoms. The predicted molar refractivity (Wildman–Crippen MR) is 81.2 cm³/mol. The molecule has 1 rings (SSSR count). The monoisotopic (exact) mass is 309 g/mol. The largest absolute Gasteiger partial charge is 0.463 e. The van der Waals surface area contributed by atoms with E-state index in [1.54, 1.807) is 46.3 Å². The number of carbonyl (C=O) groups excluding carboxylic acids is 2. The van der Waals surface area contributed by atoms with E-state index in [9.17, 15) is 9.59 Å². The average Bonchev–Trinajstić information content (AvgIpc) is 2.87. The molecular formula is C15H23N3O4. The van der Waals surface area contributed by atoms with E-state index in [2.05, 4.69) is 15.3 Å². The fourth-order valence-corrected chi connectivity index (χ4v) is 1.64. The Bertz CT molecular complexity index is 503. The van der Waals surface area contributed by atoms with Crippen molar-refractivity contribution in [2.45, 2.75) is 45.8 Å². The number of aromatic amines is 1. The highest BCUT2D eigenvalue weighted by molar-refractivity contribution is 5.82. The second kappa shape index (κ2) is 8.21. The van der Waals surface area contributed by atoms with Gasteiger partial charge in [0.1, 0.15) is 5.60 Å². The number of aromatic nitrogens is 2. The van der Waals surface area contributed by atoms with Crippen LogP contribution >= 0.6 is 0 Å². The van der Waals surface area contributed by atoms with Crippen molar-refractivity contribution in [2.75, 3.05) is 6.61 Å². The number of hydrogen-bond acceptors (Lipinski definition) is 5. The van der Waals surface area contributed by atoms with E-state index in [4.69, 9.17) is 9.47 Å². The van der Waals surface area contributed by atoms with Crippen molar-refractivity contribution < 1.29 is 19.1 Å². The lowest BCUT2D eigenvalue weighted by atomic mass is 10.1. The van der Waals surface area contributed by atoms with E-state index >= 15 is 0 Å². The summed E-state index contributed by atoms with van der Waals surface area (Å²) in [6, 6.07) is -0.417. The molecule has 0 radical (unpaired) electrons. The number of carbonyl (C=O) groups is 2. The Kier molecular flexibility index (Phi) is 6.62. The lowest BCUT2D eigenvalue weighted by Crippen LogP contribution is -2.39. The highest BCUT2D eigenvalue weighted by Gasteiger charge is 2.19. The number of rotatable bonds is 6. The molecule has 0 fully saturated rings. The summed E-state index contributed by atoms with van der Waals surface area (Å²) in [5.41, 5.74) is 0.238. The molecule has 1 aromatic heterocycles. The third-order valence-electron chi connectivity index (χ3n) is 2.45. The van der Waals surface area contributed by atoms with Crippen molar-refractivity contribution in [3.8, 4) is 0 Å². The molecule has 7 nitrogen and oxygen atoms in total. The first-order valence-electron chi connectivity index (χ1n) is 7.12. The number of alkyl carbamates (subject to hydrolysis) is 1. The third kappa shape index (κ3) is 7.47. The van der Waals surface area contributed by atoms with Gasteiger partial charge in [0.25, 0.3) is 0 Å². The van der Waals surface area contributed by atoms with Gasteiger partial charge in [-0.25, -0.2) is 14.6 Å². The topological polar surface area (TPSA) is 93.3 Å². The molecule has 0 aliphatic carbocycles. The van der Waals surface area contributed by atoms with Gasteiger partial charge in [0.15, 0.2) is 0 Å². The van der Waals surface area contributed by atoms with Crippen LogP contribution in [0.15, 0.2) is 24.7 Å². The first-order valence-corrected chi connectivity index (χ1v) is 7.12. The van der Waals surface area contributed by atoms with Crippen molar-refractivity contribution >= 4 is 12.1 Å². The van der Waals surface area contributed by atoms with Gasteiger partial charge in [0.2, 0.25) is 0 Å². The average molecular weight is 309 g/mol. The van der Waals surface area contributed by atoms with Crippen molar-refractivity contribution in [1.82, 2.24) is 15.3 Å². The minimum Gasteiger partial charge on any atom is -0.463 e. The Hall–Kier alpha value is -2.31. The zero-order valence-corrected chi connectivity index (χ0v) is 13.4. The van der Waals surface area contributed by atoms with E-state index in [0.717, 1.165) is 5.69 Å². The lowest BCUT2D eigenvalue weighted by molar-refractivity contribution is -0.137. The highest BCUT2D eigenvalue weighted by Crippen LogP contribution is 2.08. The zero-order valence-electron chi connectivity index (χ0n) is 13.4. The second-order valence-corrected chi connectivity index (χ2v) is 5.64. The fourth-order valence-electron chi connectivity index (χ4n) is 1.64. The van der Waals surface area contributed by atoms with Gasteiger partial charge in [0, 0.05) is 24.4 Å². The third-order valence-corrected chi connectivity index (χ3v) is 2.45. The smallest absolute Gasteiger partial charge is 0.408 e. The maximum Gasteiger partial charge on any atom is 0.408 e. The van der Waals surface area contributed by atoms with Crippen molar-refractivity contribution in [1.29, 1.82) is 0 Å². The number of esters is 1. The molecule has 1 amide bonds. The van der Waals surface area contributed by atoms with Crippen LogP contribution in [0.4, 0.5) is 4.79 Å².